The van der Waals surface area contributed by atoms with Crippen molar-refractivity contribution in [3.8, 4) is 11.3 Å². The summed E-state index contributed by atoms with van der Waals surface area (Å²) >= 11 is 3.34. The first kappa shape index (κ1) is 15.6. The Bertz CT molecular complexity index is 862. The molecule has 0 saturated carbocycles. The maximum atomic E-state index is 13.2. The Morgan fingerprint density at radius 2 is 2.09 bits per heavy atom. The molecule has 2 aromatic heterocycles. The number of halogens is 2. The molecule has 0 aliphatic rings. The second-order valence-corrected chi connectivity index (χ2v) is 5.34. The van der Waals surface area contributed by atoms with Crippen LogP contribution in [0.3, 0.4) is 0 Å². The van der Waals surface area contributed by atoms with E-state index in [0.29, 0.717) is 22.2 Å². The highest BCUT2D eigenvalue weighted by Gasteiger charge is 2.21. The average molecular weight is 378 g/mol. The van der Waals surface area contributed by atoms with E-state index in [4.69, 9.17) is 4.74 Å². The number of nitrogens with zero attached hydrogens (tertiary/aromatic N) is 3. The predicted octanol–water partition coefficient (Wildman–Crippen LogP) is 3.61. The number of hydrogen-bond acceptors (Lipinski definition) is 4. The SMILES string of the molecule is CCOC(=O)c1nc2cc(CBr)ncn2c1-c1ccc(F)cc1. The van der Waals surface area contributed by atoms with Gasteiger partial charge in [0, 0.05) is 17.0 Å². The summed E-state index contributed by atoms with van der Waals surface area (Å²) in [5, 5.41) is 0.580. The van der Waals surface area contributed by atoms with Crippen LogP contribution in [0.2, 0.25) is 0 Å². The summed E-state index contributed by atoms with van der Waals surface area (Å²) in [5.41, 5.74) is 2.76. The molecule has 5 nitrogen and oxygen atoms in total. The van der Waals surface area contributed by atoms with Gasteiger partial charge in [-0.05, 0) is 31.2 Å². The van der Waals surface area contributed by atoms with Gasteiger partial charge in [0.2, 0.25) is 0 Å². The Hall–Kier alpha value is -2.28. The number of aromatic nitrogens is 3. The largest absolute Gasteiger partial charge is 0.461 e. The third kappa shape index (κ3) is 2.96. The fourth-order valence-electron chi connectivity index (χ4n) is 2.29. The Labute approximate surface area is 140 Å². The van der Waals surface area contributed by atoms with Crippen LogP contribution in [0.4, 0.5) is 4.39 Å². The number of benzene rings is 1. The molecule has 0 bridgehead atoms. The van der Waals surface area contributed by atoms with Crippen LogP contribution >= 0.6 is 15.9 Å². The number of hydrogen-bond donors (Lipinski definition) is 0. The lowest BCUT2D eigenvalue weighted by molar-refractivity contribution is 0.0521. The Morgan fingerprint density at radius 1 is 1.35 bits per heavy atom. The number of imidazole rings is 1. The number of esters is 1. The standard InChI is InChI=1S/C16H13BrFN3O2/c1-2-23-16(22)14-15(10-3-5-11(18)6-4-10)21-9-19-12(8-17)7-13(21)20-14/h3-7,9H,2,8H2,1H3. The van der Waals surface area contributed by atoms with Crippen molar-refractivity contribution in [2.45, 2.75) is 12.3 Å². The van der Waals surface area contributed by atoms with Crippen molar-refractivity contribution in [1.29, 1.82) is 0 Å². The van der Waals surface area contributed by atoms with Crippen LogP contribution in [0.5, 0.6) is 0 Å². The van der Waals surface area contributed by atoms with E-state index in [0.717, 1.165) is 5.69 Å². The van der Waals surface area contributed by atoms with Gasteiger partial charge in [-0.15, -0.1) is 0 Å². The van der Waals surface area contributed by atoms with Crippen LogP contribution in [0.15, 0.2) is 36.7 Å². The van der Waals surface area contributed by atoms with Crippen molar-refractivity contribution >= 4 is 27.5 Å². The Kier molecular flexibility index (Phi) is 4.38. The second kappa shape index (κ2) is 6.45. The zero-order chi connectivity index (χ0) is 16.4. The number of ether oxygens (including phenoxy) is 1. The van der Waals surface area contributed by atoms with Crippen LogP contribution in [0.25, 0.3) is 16.9 Å². The second-order valence-electron chi connectivity index (χ2n) is 4.78. The van der Waals surface area contributed by atoms with Crippen LogP contribution in [-0.4, -0.2) is 26.9 Å². The van der Waals surface area contributed by atoms with Crippen LogP contribution in [-0.2, 0) is 10.1 Å². The van der Waals surface area contributed by atoms with E-state index in [1.165, 1.54) is 12.1 Å². The van der Waals surface area contributed by atoms with Gasteiger partial charge in [-0.3, -0.25) is 4.40 Å². The van der Waals surface area contributed by atoms with Gasteiger partial charge in [0.15, 0.2) is 5.69 Å². The Morgan fingerprint density at radius 3 is 2.74 bits per heavy atom. The average Bonchev–Trinajstić information content (AvgIpc) is 2.94. The maximum absolute atomic E-state index is 13.2. The fraction of sp³-hybridized carbons (Fsp3) is 0.188. The molecule has 0 saturated heterocycles. The molecule has 3 rings (SSSR count). The Balaban J connectivity index is 2.24. The van der Waals surface area contributed by atoms with Crippen LogP contribution in [0.1, 0.15) is 23.1 Å². The molecule has 0 radical (unpaired) electrons. The summed E-state index contributed by atoms with van der Waals surface area (Å²) in [6, 6.07) is 7.65. The molecule has 0 amide bonds. The van der Waals surface area contributed by atoms with Gasteiger partial charge in [0.25, 0.3) is 0 Å². The zero-order valence-corrected chi connectivity index (χ0v) is 13.9. The molecular formula is C16H13BrFN3O2. The van der Waals surface area contributed by atoms with Crippen molar-refractivity contribution in [3.05, 3.63) is 53.9 Å². The molecule has 2 heterocycles. The lowest BCUT2D eigenvalue weighted by Gasteiger charge is -2.05. The van der Waals surface area contributed by atoms with Gasteiger partial charge < -0.3 is 4.74 Å². The monoisotopic (exact) mass is 377 g/mol. The lowest BCUT2D eigenvalue weighted by Crippen LogP contribution is -2.07. The molecule has 0 N–H and O–H groups in total. The normalized spacial score (nSPS) is 10.9. The molecule has 0 fully saturated rings. The molecule has 0 atom stereocenters. The third-order valence-electron chi connectivity index (χ3n) is 3.30. The number of carbonyl (C=O) groups is 1. The molecule has 0 aliphatic heterocycles. The predicted molar refractivity (Wildman–Crippen MR) is 87.0 cm³/mol. The molecule has 23 heavy (non-hydrogen) atoms. The first-order chi connectivity index (χ1) is 11.1. The van der Waals surface area contributed by atoms with Crippen LogP contribution in [0, 0.1) is 5.82 Å². The van der Waals surface area contributed by atoms with E-state index in [2.05, 4.69) is 25.9 Å². The minimum Gasteiger partial charge on any atom is -0.461 e. The highest BCUT2D eigenvalue weighted by molar-refractivity contribution is 9.08. The lowest BCUT2D eigenvalue weighted by atomic mass is 10.1. The minimum atomic E-state index is -0.518. The smallest absolute Gasteiger partial charge is 0.359 e. The minimum absolute atomic E-state index is 0.187. The highest BCUT2D eigenvalue weighted by atomic mass is 79.9. The molecule has 0 aliphatic carbocycles. The molecule has 1 aromatic carbocycles. The number of carbonyl (C=O) groups excluding carboxylic acids is 1. The van der Waals surface area contributed by atoms with E-state index in [-0.39, 0.29) is 18.1 Å². The number of fused-ring (bicyclic) bond motifs is 1. The van der Waals surface area contributed by atoms with Crippen LogP contribution < -0.4 is 0 Å². The number of rotatable bonds is 4. The summed E-state index contributed by atoms with van der Waals surface area (Å²) in [4.78, 5) is 20.9. The molecule has 3 aromatic rings. The highest BCUT2D eigenvalue weighted by Crippen LogP contribution is 2.26. The number of alkyl halides is 1. The van der Waals surface area contributed by atoms with Gasteiger partial charge >= 0.3 is 5.97 Å². The maximum Gasteiger partial charge on any atom is 0.359 e. The summed E-state index contributed by atoms with van der Waals surface area (Å²) in [7, 11) is 0. The van der Waals surface area contributed by atoms with Crippen molar-refractivity contribution in [2.75, 3.05) is 6.61 Å². The van der Waals surface area contributed by atoms with E-state index in [1.807, 2.05) is 0 Å². The van der Waals surface area contributed by atoms with Gasteiger partial charge in [-0.25, -0.2) is 19.2 Å². The van der Waals surface area contributed by atoms with Crippen molar-refractivity contribution < 1.29 is 13.9 Å². The summed E-state index contributed by atoms with van der Waals surface area (Å²) < 4.78 is 20.0. The summed E-state index contributed by atoms with van der Waals surface area (Å²) in [6.07, 6.45) is 1.60. The van der Waals surface area contributed by atoms with Gasteiger partial charge in [0.05, 0.1) is 18.0 Å². The van der Waals surface area contributed by atoms with Crippen molar-refractivity contribution in [3.63, 3.8) is 0 Å². The molecule has 7 heteroatoms. The molecule has 0 unspecified atom stereocenters. The topological polar surface area (TPSA) is 56.5 Å². The first-order valence-electron chi connectivity index (χ1n) is 7.00. The molecular weight excluding hydrogens is 365 g/mol. The van der Waals surface area contributed by atoms with E-state index < -0.39 is 5.97 Å². The first-order valence-corrected chi connectivity index (χ1v) is 8.12. The summed E-state index contributed by atoms with van der Waals surface area (Å²) in [5.74, 6) is -0.865. The quantitative estimate of drug-likeness (QED) is 0.514. The van der Waals surface area contributed by atoms with Gasteiger partial charge in [-0.1, -0.05) is 15.9 Å². The van der Waals surface area contributed by atoms with Gasteiger partial charge in [0.1, 0.15) is 17.8 Å². The van der Waals surface area contributed by atoms with Crippen molar-refractivity contribution in [2.24, 2.45) is 0 Å². The summed E-state index contributed by atoms with van der Waals surface area (Å²) in [6.45, 7) is 1.98. The van der Waals surface area contributed by atoms with Crippen molar-refractivity contribution in [1.82, 2.24) is 14.4 Å². The van der Waals surface area contributed by atoms with Gasteiger partial charge in [-0.2, -0.15) is 0 Å². The van der Waals surface area contributed by atoms with E-state index in [1.54, 1.807) is 35.9 Å². The zero-order valence-electron chi connectivity index (χ0n) is 12.3. The third-order valence-corrected chi connectivity index (χ3v) is 3.87. The van der Waals surface area contributed by atoms with E-state index >= 15 is 0 Å². The fourth-order valence-corrected chi connectivity index (χ4v) is 2.59. The molecule has 118 valence electrons. The molecule has 0 spiro atoms. The van der Waals surface area contributed by atoms with E-state index in [9.17, 15) is 9.18 Å².